The van der Waals surface area contributed by atoms with Gasteiger partial charge in [0.1, 0.15) is 0 Å². The second-order valence-corrected chi connectivity index (χ2v) is 7.55. The Hall–Kier alpha value is -2.78. The van der Waals surface area contributed by atoms with Crippen LogP contribution in [0.25, 0.3) is 11.1 Å². The molecule has 1 N–H and O–H groups in total. The summed E-state index contributed by atoms with van der Waals surface area (Å²) in [6, 6.07) is 22.7. The Morgan fingerprint density at radius 3 is 2.39 bits per heavy atom. The highest BCUT2D eigenvalue weighted by Crippen LogP contribution is 2.27. The Morgan fingerprint density at radius 1 is 0.964 bits per heavy atom. The number of benzene rings is 3. The van der Waals surface area contributed by atoms with Crippen LogP contribution in [0, 0.1) is 6.92 Å². The highest BCUT2D eigenvalue weighted by Gasteiger charge is 2.21. The molecule has 3 aromatic carbocycles. The number of hydrogen-bond donors (Lipinski definition) is 1. The molecule has 0 spiro atoms. The first-order chi connectivity index (χ1) is 13.6. The summed E-state index contributed by atoms with van der Waals surface area (Å²) in [5, 5.41) is 2.99. The van der Waals surface area contributed by atoms with Gasteiger partial charge in [0.25, 0.3) is 0 Å². The summed E-state index contributed by atoms with van der Waals surface area (Å²) in [7, 11) is 0. The van der Waals surface area contributed by atoms with Gasteiger partial charge in [-0.25, -0.2) is 4.79 Å². The molecule has 2 amide bonds. The van der Waals surface area contributed by atoms with Crippen molar-refractivity contribution in [1.29, 1.82) is 0 Å². The number of hydrogen-bond acceptors (Lipinski definition) is 1. The zero-order valence-electron chi connectivity index (χ0n) is 15.9. The number of nitrogens with one attached hydrogen (secondary N) is 1. The molecule has 1 aliphatic rings. The third-order valence-electron chi connectivity index (χ3n) is 5.25. The van der Waals surface area contributed by atoms with Crippen molar-refractivity contribution in [2.75, 3.05) is 11.9 Å². The molecule has 0 radical (unpaired) electrons. The summed E-state index contributed by atoms with van der Waals surface area (Å²) in [5.41, 5.74) is 8.02. The molecule has 1 heterocycles. The normalized spacial score (nSPS) is 13.1. The molecule has 4 rings (SSSR count). The predicted octanol–water partition coefficient (Wildman–Crippen LogP) is 5.99. The predicted molar refractivity (Wildman–Crippen MR) is 116 cm³/mol. The number of anilines is 1. The highest BCUT2D eigenvalue weighted by atomic mass is 35.5. The van der Waals surface area contributed by atoms with Crippen LogP contribution in [0.2, 0.25) is 0 Å². The van der Waals surface area contributed by atoms with Gasteiger partial charge in [0.05, 0.1) is 0 Å². The van der Waals surface area contributed by atoms with Gasteiger partial charge in [-0.15, -0.1) is 11.6 Å². The lowest BCUT2D eigenvalue weighted by atomic mass is 9.94. The molecule has 3 nitrogen and oxygen atoms in total. The van der Waals surface area contributed by atoms with Crippen LogP contribution in [0.1, 0.15) is 22.3 Å². The second kappa shape index (κ2) is 8.07. The second-order valence-electron chi connectivity index (χ2n) is 7.28. The van der Waals surface area contributed by atoms with Crippen LogP contribution >= 0.6 is 11.6 Å². The van der Waals surface area contributed by atoms with Gasteiger partial charge in [0.2, 0.25) is 0 Å². The van der Waals surface area contributed by atoms with E-state index >= 15 is 0 Å². The Labute approximate surface area is 171 Å². The maximum Gasteiger partial charge on any atom is 0.322 e. The van der Waals surface area contributed by atoms with E-state index in [1.54, 1.807) is 0 Å². The maximum atomic E-state index is 12.7. The smallest absolute Gasteiger partial charge is 0.320 e. The first kappa shape index (κ1) is 18.6. The molecular weight excluding hydrogens is 368 g/mol. The molecule has 142 valence electrons. The number of halogens is 1. The third kappa shape index (κ3) is 4.05. The molecule has 0 aromatic heterocycles. The van der Waals surface area contributed by atoms with Crippen LogP contribution in [0.5, 0.6) is 0 Å². The molecule has 0 unspecified atom stereocenters. The van der Waals surface area contributed by atoms with E-state index in [2.05, 4.69) is 54.7 Å². The van der Waals surface area contributed by atoms with E-state index in [1.807, 2.05) is 29.2 Å². The fraction of sp³-hybridized carbons (Fsp3) is 0.208. The lowest BCUT2D eigenvalue weighted by Gasteiger charge is -2.29. The number of carbonyl (C=O) groups excluding carboxylic acids is 1. The molecule has 0 aliphatic carbocycles. The monoisotopic (exact) mass is 390 g/mol. The Bertz CT molecular complexity index is 980. The Balaban J connectivity index is 1.49. The molecule has 1 aliphatic heterocycles. The number of nitrogens with zero attached hydrogens (tertiary/aromatic N) is 1. The van der Waals surface area contributed by atoms with Crippen molar-refractivity contribution in [3.63, 3.8) is 0 Å². The number of fused-ring (bicyclic) bond motifs is 1. The summed E-state index contributed by atoms with van der Waals surface area (Å²) in [6.45, 7) is 3.44. The molecule has 0 bridgehead atoms. The van der Waals surface area contributed by atoms with Crippen molar-refractivity contribution in [3.05, 3.63) is 89.0 Å². The van der Waals surface area contributed by atoms with Crippen molar-refractivity contribution in [2.24, 2.45) is 0 Å². The number of alkyl halides is 1. The summed E-state index contributed by atoms with van der Waals surface area (Å²) >= 11 is 5.82. The molecule has 3 aromatic rings. The van der Waals surface area contributed by atoms with Gasteiger partial charge in [-0.2, -0.15) is 0 Å². The minimum Gasteiger partial charge on any atom is -0.320 e. The van der Waals surface area contributed by atoms with Crippen LogP contribution in [0.3, 0.4) is 0 Å². The molecule has 28 heavy (non-hydrogen) atoms. The fourth-order valence-corrected chi connectivity index (χ4v) is 3.71. The average molecular weight is 391 g/mol. The van der Waals surface area contributed by atoms with Gasteiger partial charge in [-0.05, 0) is 59.4 Å². The minimum absolute atomic E-state index is 0.0648. The van der Waals surface area contributed by atoms with Crippen LogP contribution in [0.15, 0.2) is 66.7 Å². The van der Waals surface area contributed by atoms with Crippen molar-refractivity contribution in [2.45, 2.75) is 25.8 Å². The zero-order valence-corrected chi connectivity index (χ0v) is 16.7. The van der Waals surface area contributed by atoms with Gasteiger partial charge in [-0.1, -0.05) is 54.1 Å². The van der Waals surface area contributed by atoms with E-state index in [0.717, 1.165) is 24.2 Å². The number of urea groups is 1. The van der Waals surface area contributed by atoms with Crippen LogP contribution in [0.4, 0.5) is 10.5 Å². The Kier molecular flexibility index (Phi) is 5.36. The van der Waals surface area contributed by atoms with Crippen LogP contribution in [-0.2, 0) is 18.8 Å². The van der Waals surface area contributed by atoms with Crippen LogP contribution in [-0.4, -0.2) is 17.5 Å². The summed E-state index contributed by atoms with van der Waals surface area (Å²) in [5.74, 6) is 0.473. The van der Waals surface area contributed by atoms with Crippen molar-refractivity contribution in [1.82, 2.24) is 4.90 Å². The number of carbonyl (C=O) groups is 1. The van der Waals surface area contributed by atoms with Crippen molar-refractivity contribution >= 4 is 23.3 Å². The lowest BCUT2D eigenvalue weighted by molar-refractivity contribution is 0.206. The molecular formula is C24H23ClN2O. The summed E-state index contributed by atoms with van der Waals surface area (Å²) in [6.07, 6.45) is 0.877. The summed E-state index contributed by atoms with van der Waals surface area (Å²) in [4.78, 5) is 14.6. The SMILES string of the molecule is Cc1ccc(-c2ccc3c(c2)CN(C(=O)Nc2ccc(CCl)cc2)CC3)cc1. The number of aryl methyl sites for hydroxylation is 1. The molecule has 0 atom stereocenters. The average Bonchev–Trinajstić information content (AvgIpc) is 2.74. The van der Waals surface area contributed by atoms with Crippen molar-refractivity contribution in [3.8, 4) is 11.1 Å². The fourth-order valence-electron chi connectivity index (χ4n) is 3.54. The molecule has 0 saturated carbocycles. The van der Waals surface area contributed by atoms with E-state index in [4.69, 9.17) is 11.6 Å². The Morgan fingerprint density at radius 2 is 1.68 bits per heavy atom. The van der Waals surface area contributed by atoms with Crippen LogP contribution < -0.4 is 5.32 Å². The molecule has 0 saturated heterocycles. The first-order valence-electron chi connectivity index (χ1n) is 9.52. The standard InChI is InChI=1S/C24H23ClN2O/c1-17-2-6-19(7-3-17)21-9-8-20-12-13-27(16-22(20)14-21)24(28)26-23-10-4-18(15-25)5-11-23/h2-11,14H,12-13,15-16H2,1H3,(H,26,28). The van der Waals surface area contributed by atoms with E-state index in [0.29, 0.717) is 12.4 Å². The third-order valence-corrected chi connectivity index (χ3v) is 5.56. The largest absolute Gasteiger partial charge is 0.322 e. The van der Waals surface area contributed by atoms with Gasteiger partial charge in [-0.3, -0.25) is 0 Å². The number of amides is 2. The van der Waals surface area contributed by atoms with Gasteiger partial charge >= 0.3 is 6.03 Å². The lowest BCUT2D eigenvalue weighted by Crippen LogP contribution is -2.38. The minimum atomic E-state index is -0.0648. The quantitative estimate of drug-likeness (QED) is 0.547. The molecule has 0 fully saturated rings. The highest BCUT2D eigenvalue weighted by molar-refractivity contribution is 6.17. The maximum absolute atomic E-state index is 12.7. The van der Waals surface area contributed by atoms with E-state index in [-0.39, 0.29) is 6.03 Å². The van der Waals surface area contributed by atoms with E-state index < -0.39 is 0 Å². The first-order valence-corrected chi connectivity index (χ1v) is 10.1. The van der Waals surface area contributed by atoms with Crippen molar-refractivity contribution < 1.29 is 4.79 Å². The van der Waals surface area contributed by atoms with Gasteiger partial charge in [0.15, 0.2) is 0 Å². The number of rotatable bonds is 3. The zero-order chi connectivity index (χ0) is 19.5. The summed E-state index contributed by atoms with van der Waals surface area (Å²) < 4.78 is 0. The topological polar surface area (TPSA) is 32.3 Å². The van der Waals surface area contributed by atoms with Gasteiger partial charge < -0.3 is 10.2 Å². The molecule has 4 heteroatoms. The van der Waals surface area contributed by atoms with Gasteiger partial charge in [0, 0.05) is 24.7 Å². The van der Waals surface area contributed by atoms with E-state index in [1.165, 1.54) is 27.8 Å². The van der Waals surface area contributed by atoms with E-state index in [9.17, 15) is 4.79 Å².